The molecule has 3 heteroatoms. The smallest absolute Gasteiger partial charge is 0.0309 e. The van der Waals surface area contributed by atoms with E-state index in [0.717, 1.165) is 25.4 Å². The summed E-state index contributed by atoms with van der Waals surface area (Å²) in [5, 5.41) is 0. The fourth-order valence-electron chi connectivity index (χ4n) is 2.01. The van der Waals surface area contributed by atoms with Crippen molar-refractivity contribution in [2.75, 3.05) is 26.4 Å². The van der Waals surface area contributed by atoms with Crippen LogP contribution in [0.5, 0.6) is 0 Å². The first-order chi connectivity index (χ1) is 8.61. The van der Waals surface area contributed by atoms with Crippen LogP contribution in [-0.4, -0.2) is 31.3 Å². The van der Waals surface area contributed by atoms with Gasteiger partial charge in [0.1, 0.15) is 0 Å². The minimum Gasteiger partial charge on any atom is -0.306 e. The summed E-state index contributed by atoms with van der Waals surface area (Å²) in [5.41, 5.74) is 2.78. The summed E-state index contributed by atoms with van der Waals surface area (Å²) in [5.74, 6) is 0.745. The molecular formula is C15H26N2S. The average Bonchev–Trinajstić information content (AvgIpc) is 2.34. The second-order valence-electron chi connectivity index (χ2n) is 5.25. The molecule has 0 bridgehead atoms. The van der Waals surface area contributed by atoms with Gasteiger partial charge in [-0.3, -0.25) is 4.72 Å². The summed E-state index contributed by atoms with van der Waals surface area (Å²) in [4.78, 5) is 2.41. The van der Waals surface area contributed by atoms with Gasteiger partial charge in [-0.15, -0.1) is 0 Å². The van der Waals surface area contributed by atoms with E-state index >= 15 is 0 Å². The number of nitrogens with zero attached hydrogens (tertiary/aromatic N) is 1. The fraction of sp³-hybridized carbons (Fsp3) is 0.600. The zero-order valence-electron chi connectivity index (χ0n) is 12.1. The van der Waals surface area contributed by atoms with E-state index in [4.69, 9.17) is 0 Å². The Morgan fingerprint density at radius 3 is 2.33 bits per heavy atom. The van der Waals surface area contributed by atoms with Crippen LogP contribution in [0.25, 0.3) is 0 Å². The molecule has 0 aromatic heterocycles. The fourth-order valence-corrected chi connectivity index (χ4v) is 2.32. The molecule has 1 N–H and O–H groups in total. The van der Waals surface area contributed by atoms with Gasteiger partial charge in [-0.25, -0.2) is 0 Å². The standard InChI is InChI=1S/C15H26N2S/c1-13(2)12-17(3)10-9-14-5-7-15(8-6-14)11-16-18-4/h5-8,13,16H,9-12H2,1-4H3. The van der Waals surface area contributed by atoms with Crippen LogP contribution in [0.1, 0.15) is 25.0 Å². The maximum atomic E-state index is 3.26. The van der Waals surface area contributed by atoms with Crippen LogP contribution in [0.4, 0.5) is 0 Å². The number of hydrogen-bond donors (Lipinski definition) is 1. The minimum atomic E-state index is 0.745. The van der Waals surface area contributed by atoms with E-state index in [1.54, 1.807) is 11.9 Å². The Morgan fingerprint density at radius 1 is 1.17 bits per heavy atom. The molecule has 0 saturated carbocycles. The summed E-state index contributed by atoms with van der Waals surface area (Å²) in [7, 11) is 2.21. The maximum Gasteiger partial charge on any atom is 0.0309 e. The quantitative estimate of drug-likeness (QED) is 0.728. The van der Waals surface area contributed by atoms with Crippen molar-refractivity contribution in [2.45, 2.75) is 26.8 Å². The third-order valence-corrected chi connectivity index (χ3v) is 3.34. The van der Waals surface area contributed by atoms with Crippen molar-refractivity contribution >= 4 is 11.9 Å². The zero-order valence-corrected chi connectivity index (χ0v) is 12.9. The second-order valence-corrected chi connectivity index (χ2v) is 5.94. The van der Waals surface area contributed by atoms with Crippen LogP contribution in [0, 0.1) is 5.92 Å². The second kappa shape index (κ2) is 8.57. The Morgan fingerprint density at radius 2 is 1.78 bits per heavy atom. The van der Waals surface area contributed by atoms with E-state index in [-0.39, 0.29) is 0 Å². The van der Waals surface area contributed by atoms with Gasteiger partial charge in [0.05, 0.1) is 0 Å². The van der Waals surface area contributed by atoms with Crippen molar-refractivity contribution < 1.29 is 0 Å². The highest BCUT2D eigenvalue weighted by atomic mass is 32.2. The molecule has 0 spiro atoms. The van der Waals surface area contributed by atoms with Crippen molar-refractivity contribution in [3.05, 3.63) is 35.4 Å². The van der Waals surface area contributed by atoms with Crippen LogP contribution in [0.2, 0.25) is 0 Å². The molecule has 0 radical (unpaired) electrons. The highest BCUT2D eigenvalue weighted by molar-refractivity contribution is 7.96. The number of likely N-dealkylation sites (N-methyl/N-ethyl adjacent to an activating group) is 1. The van der Waals surface area contributed by atoms with Crippen LogP contribution in [0.3, 0.4) is 0 Å². The summed E-state index contributed by atoms with van der Waals surface area (Å²) >= 11 is 1.66. The molecule has 18 heavy (non-hydrogen) atoms. The molecule has 0 atom stereocenters. The lowest BCUT2D eigenvalue weighted by Crippen LogP contribution is -2.25. The summed E-state index contributed by atoms with van der Waals surface area (Å²) in [6.45, 7) is 7.79. The third-order valence-electron chi connectivity index (χ3n) is 2.90. The number of rotatable bonds is 8. The van der Waals surface area contributed by atoms with Gasteiger partial charge in [0.25, 0.3) is 0 Å². The van der Waals surface area contributed by atoms with E-state index < -0.39 is 0 Å². The Labute approximate surface area is 116 Å². The van der Waals surface area contributed by atoms with E-state index in [2.05, 4.69) is 61.0 Å². The molecule has 102 valence electrons. The topological polar surface area (TPSA) is 15.3 Å². The monoisotopic (exact) mass is 266 g/mol. The molecule has 2 nitrogen and oxygen atoms in total. The molecule has 0 heterocycles. The van der Waals surface area contributed by atoms with Gasteiger partial charge in [-0.2, -0.15) is 0 Å². The van der Waals surface area contributed by atoms with Crippen molar-refractivity contribution in [3.63, 3.8) is 0 Å². The van der Waals surface area contributed by atoms with Crippen molar-refractivity contribution in [2.24, 2.45) is 5.92 Å². The summed E-state index contributed by atoms with van der Waals surface area (Å²) < 4.78 is 3.26. The summed E-state index contributed by atoms with van der Waals surface area (Å²) in [6.07, 6.45) is 3.19. The predicted molar refractivity (Wildman–Crippen MR) is 82.8 cm³/mol. The minimum absolute atomic E-state index is 0.745. The third kappa shape index (κ3) is 6.43. The van der Waals surface area contributed by atoms with Gasteiger partial charge in [0.2, 0.25) is 0 Å². The molecule has 1 aromatic rings. The lowest BCUT2D eigenvalue weighted by Gasteiger charge is -2.18. The lowest BCUT2D eigenvalue weighted by atomic mass is 10.1. The normalized spacial score (nSPS) is 11.4. The van der Waals surface area contributed by atoms with Crippen molar-refractivity contribution in [1.82, 2.24) is 9.62 Å². The van der Waals surface area contributed by atoms with E-state index in [1.165, 1.54) is 17.7 Å². The molecule has 0 aliphatic carbocycles. The van der Waals surface area contributed by atoms with Crippen LogP contribution in [0.15, 0.2) is 24.3 Å². The van der Waals surface area contributed by atoms with E-state index in [9.17, 15) is 0 Å². The van der Waals surface area contributed by atoms with Gasteiger partial charge in [0, 0.05) is 19.6 Å². The number of benzene rings is 1. The molecule has 0 fully saturated rings. The van der Waals surface area contributed by atoms with Gasteiger partial charge in [-0.1, -0.05) is 50.1 Å². The SMILES string of the molecule is CSNCc1ccc(CCN(C)CC(C)C)cc1. The van der Waals surface area contributed by atoms with Crippen LogP contribution >= 0.6 is 11.9 Å². The van der Waals surface area contributed by atoms with Gasteiger partial charge in [0.15, 0.2) is 0 Å². The molecule has 0 amide bonds. The van der Waals surface area contributed by atoms with Crippen LogP contribution in [-0.2, 0) is 13.0 Å². The van der Waals surface area contributed by atoms with Gasteiger partial charge >= 0.3 is 0 Å². The molecule has 0 aliphatic heterocycles. The first-order valence-corrected chi connectivity index (χ1v) is 7.86. The van der Waals surface area contributed by atoms with E-state index in [0.29, 0.717) is 0 Å². The van der Waals surface area contributed by atoms with E-state index in [1.807, 2.05) is 0 Å². The Hall–Kier alpha value is -0.510. The molecule has 1 rings (SSSR count). The largest absolute Gasteiger partial charge is 0.306 e. The highest BCUT2D eigenvalue weighted by Gasteiger charge is 2.02. The first kappa shape index (κ1) is 15.5. The zero-order chi connectivity index (χ0) is 13.4. The molecular weight excluding hydrogens is 240 g/mol. The van der Waals surface area contributed by atoms with Crippen molar-refractivity contribution in [3.8, 4) is 0 Å². The predicted octanol–water partition coefficient (Wildman–Crippen LogP) is 3.18. The van der Waals surface area contributed by atoms with Crippen molar-refractivity contribution in [1.29, 1.82) is 0 Å². The Bertz CT molecular complexity index is 322. The Balaban J connectivity index is 2.34. The van der Waals surface area contributed by atoms with Gasteiger partial charge in [-0.05, 0) is 36.8 Å². The maximum absolute atomic E-state index is 3.26. The Kier molecular flexibility index (Phi) is 7.40. The number of hydrogen-bond acceptors (Lipinski definition) is 3. The molecule has 0 aliphatic rings. The molecule has 0 unspecified atom stereocenters. The summed E-state index contributed by atoms with van der Waals surface area (Å²) in [6, 6.07) is 8.95. The lowest BCUT2D eigenvalue weighted by molar-refractivity contribution is 0.299. The molecule has 0 saturated heterocycles. The number of nitrogens with one attached hydrogen (secondary N) is 1. The highest BCUT2D eigenvalue weighted by Crippen LogP contribution is 2.07. The average molecular weight is 266 g/mol. The van der Waals surface area contributed by atoms with Gasteiger partial charge < -0.3 is 4.90 Å². The first-order valence-electron chi connectivity index (χ1n) is 6.64. The van der Waals surface area contributed by atoms with Crippen LogP contribution < -0.4 is 4.72 Å². The molecule has 1 aromatic carbocycles.